The van der Waals surface area contributed by atoms with Crippen LogP contribution in [0.5, 0.6) is 0 Å². The number of furan rings is 2. The molecule has 0 N–H and O–H groups in total. The van der Waals surface area contributed by atoms with Crippen molar-refractivity contribution in [3.8, 4) is 16.8 Å². The molecule has 1 aliphatic carbocycles. The highest BCUT2D eigenvalue weighted by molar-refractivity contribution is 6.19. The van der Waals surface area contributed by atoms with Crippen LogP contribution in [0.15, 0.2) is 197 Å². The summed E-state index contributed by atoms with van der Waals surface area (Å²) in [6, 6.07) is 61.4. The van der Waals surface area contributed by atoms with Crippen LogP contribution in [0.2, 0.25) is 0 Å². The van der Waals surface area contributed by atoms with Crippen LogP contribution < -0.4 is 0 Å². The quantitative estimate of drug-likeness (QED) is 0.180. The number of benzene rings is 8. The SMILES string of the molecule is C1=CC(c2ccc3oc4c(ccc5c6cc(-c7cccc(-n8c9ccccc9c9ccccc98)c7)ccc6oc54)c3c2)=CC(n2c3ccccc3c3ccccc32)C1. The van der Waals surface area contributed by atoms with E-state index in [1.165, 1.54) is 54.7 Å². The molecule has 58 heavy (non-hydrogen) atoms. The second-order valence-electron chi connectivity index (χ2n) is 15.6. The summed E-state index contributed by atoms with van der Waals surface area (Å²) >= 11 is 0. The number of hydrogen-bond donors (Lipinski definition) is 0. The first-order valence-electron chi connectivity index (χ1n) is 20.0. The fourth-order valence-electron chi connectivity index (χ4n) is 9.80. The minimum Gasteiger partial charge on any atom is -0.452 e. The van der Waals surface area contributed by atoms with Crippen molar-refractivity contribution in [2.24, 2.45) is 0 Å². The fourth-order valence-corrected chi connectivity index (χ4v) is 9.80. The van der Waals surface area contributed by atoms with Gasteiger partial charge in [-0.15, -0.1) is 0 Å². The largest absolute Gasteiger partial charge is 0.452 e. The molecular formula is C54H34N2O2. The number of allylic oxidation sites excluding steroid dienone is 4. The van der Waals surface area contributed by atoms with E-state index < -0.39 is 0 Å². The van der Waals surface area contributed by atoms with Gasteiger partial charge in [0.1, 0.15) is 11.2 Å². The smallest absolute Gasteiger partial charge is 0.178 e. The molecule has 0 bridgehead atoms. The van der Waals surface area contributed by atoms with Crippen molar-refractivity contribution in [1.29, 1.82) is 0 Å². The molecule has 4 aromatic heterocycles. The van der Waals surface area contributed by atoms with Crippen LogP contribution in [0, 0.1) is 0 Å². The van der Waals surface area contributed by atoms with E-state index in [0.717, 1.165) is 67.1 Å². The van der Waals surface area contributed by atoms with E-state index in [-0.39, 0.29) is 6.04 Å². The molecule has 12 aromatic rings. The Balaban J connectivity index is 0.894. The van der Waals surface area contributed by atoms with E-state index >= 15 is 0 Å². The molecule has 1 aliphatic rings. The van der Waals surface area contributed by atoms with Crippen molar-refractivity contribution < 1.29 is 8.83 Å². The standard InChI is InChI=1S/C54H34N2O2/c1-5-19-47-39(15-1)40-16-2-6-20-48(40)55(47)37-13-9-11-33(29-37)35-23-27-51-45(31-35)43-25-26-44-46-32-36(24-28-52(46)58-54(44)53(43)57-51)34-12-10-14-38(30-34)56-49-21-7-3-17-41(49)42-18-4-8-22-50(42)56/h1-13,15-32,38H,14H2. The van der Waals surface area contributed by atoms with Crippen LogP contribution >= 0.6 is 0 Å². The zero-order valence-corrected chi connectivity index (χ0v) is 31.4. The maximum atomic E-state index is 6.62. The maximum absolute atomic E-state index is 6.62. The van der Waals surface area contributed by atoms with Crippen molar-refractivity contribution in [2.75, 3.05) is 0 Å². The third-order valence-electron chi connectivity index (χ3n) is 12.4. The first-order chi connectivity index (χ1) is 28.7. The zero-order valence-electron chi connectivity index (χ0n) is 31.4. The number of aromatic nitrogens is 2. The van der Waals surface area contributed by atoms with Gasteiger partial charge in [-0.05, 0) is 101 Å². The Hall–Kier alpha value is -7.56. The number of fused-ring (bicyclic) bond motifs is 13. The summed E-state index contributed by atoms with van der Waals surface area (Å²) in [5.74, 6) is 0. The number of para-hydroxylation sites is 4. The maximum Gasteiger partial charge on any atom is 0.178 e. The van der Waals surface area contributed by atoms with Gasteiger partial charge in [0.15, 0.2) is 11.2 Å². The second-order valence-corrected chi connectivity index (χ2v) is 15.6. The van der Waals surface area contributed by atoms with Crippen LogP contribution in [-0.2, 0) is 0 Å². The molecule has 1 unspecified atom stereocenters. The summed E-state index contributed by atoms with van der Waals surface area (Å²) in [6.45, 7) is 0. The Morgan fingerprint density at radius 3 is 1.55 bits per heavy atom. The summed E-state index contributed by atoms with van der Waals surface area (Å²) in [4.78, 5) is 0. The molecule has 0 saturated heterocycles. The lowest BCUT2D eigenvalue weighted by Crippen LogP contribution is -2.08. The van der Waals surface area contributed by atoms with Gasteiger partial charge in [-0.2, -0.15) is 0 Å². The van der Waals surface area contributed by atoms with Gasteiger partial charge in [0.05, 0.1) is 17.1 Å². The molecule has 0 radical (unpaired) electrons. The third kappa shape index (κ3) is 4.51. The minimum atomic E-state index is 0.206. The molecule has 0 aliphatic heterocycles. The molecule has 8 aromatic carbocycles. The highest BCUT2D eigenvalue weighted by Gasteiger charge is 2.21. The summed E-state index contributed by atoms with van der Waals surface area (Å²) < 4.78 is 18.1. The number of hydrogen-bond acceptors (Lipinski definition) is 2. The fraction of sp³-hybridized carbons (Fsp3) is 0.0370. The minimum absolute atomic E-state index is 0.206. The Bertz CT molecular complexity index is 3630. The van der Waals surface area contributed by atoms with Crippen molar-refractivity contribution in [1.82, 2.24) is 9.13 Å². The number of rotatable bonds is 4. The molecule has 0 spiro atoms. The van der Waals surface area contributed by atoms with Crippen molar-refractivity contribution in [3.63, 3.8) is 0 Å². The second kappa shape index (κ2) is 12.0. The first-order valence-corrected chi connectivity index (χ1v) is 20.0. The molecule has 0 amide bonds. The molecule has 1 atom stereocenters. The summed E-state index contributed by atoms with van der Waals surface area (Å²) in [7, 11) is 0. The molecule has 4 heteroatoms. The zero-order chi connectivity index (χ0) is 37.9. The summed E-state index contributed by atoms with van der Waals surface area (Å²) in [5.41, 5.74) is 14.0. The van der Waals surface area contributed by atoms with Crippen LogP contribution in [0.25, 0.3) is 110 Å². The molecule has 0 fully saturated rings. The lowest BCUT2D eigenvalue weighted by Gasteiger charge is -2.21. The van der Waals surface area contributed by atoms with E-state index in [0.29, 0.717) is 0 Å². The van der Waals surface area contributed by atoms with Crippen LogP contribution in [0.4, 0.5) is 0 Å². The molecule has 13 rings (SSSR count). The van der Waals surface area contributed by atoms with Gasteiger partial charge in [0.25, 0.3) is 0 Å². The predicted octanol–water partition coefficient (Wildman–Crippen LogP) is 14.9. The van der Waals surface area contributed by atoms with Gasteiger partial charge >= 0.3 is 0 Å². The van der Waals surface area contributed by atoms with Gasteiger partial charge in [0, 0.05) is 59.8 Å². The lowest BCUT2D eigenvalue weighted by molar-refractivity contribution is 0.633. The van der Waals surface area contributed by atoms with Crippen molar-refractivity contribution in [3.05, 3.63) is 194 Å². The van der Waals surface area contributed by atoms with E-state index in [2.05, 4.69) is 197 Å². The van der Waals surface area contributed by atoms with E-state index in [1.54, 1.807) is 0 Å². The highest BCUT2D eigenvalue weighted by Crippen LogP contribution is 2.42. The summed E-state index contributed by atoms with van der Waals surface area (Å²) in [5, 5.41) is 9.39. The van der Waals surface area contributed by atoms with E-state index in [1.807, 2.05) is 0 Å². The van der Waals surface area contributed by atoms with Crippen molar-refractivity contribution >= 4 is 93.1 Å². The third-order valence-corrected chi connectivity index (χ3v) is 12.4. The Morgan fingerprint density at radius 2 is 0.931 bits per heavy atom. The Labute approximate surface area is 332 Å². The lowest BCUT2D eigenvalue weighted by atomic mass is 9.95. The average molecular weight is 743 g/mol. The normalized spacial score (nSPS) is 14.7. The Kier molecular flexibility index (Phi) is 6.53. The summed E-state index contributed by atoms with van der Waals surface area (Å²) in [6.07, 6.45) is 7.95. The first kappa shape index (κ1) is 31.6. The number of nitrogens with zero attached hydrogens (tertiary/aromatic N) is 2. The topological polar surface area (TPSA) is 36.1 Å². The van der Waals surface area contributed by atoms with Crippen LogP contribution in [0.3, 0.4) is 0 Å². The van der Waals surface area contributed by atoms with Gasteiger partial charge < -0.3 is 18.0 Å². The van der Waals surface area contributed by atoms with Gasteiger partial charge in [-0.3, -0.25) is 0 Å². The highest BCUT2D eigenvalue weighted by atomic mass is 16.4. The van der Waals surface area contributed by atoms with Gasteiger partial charge in [0.2, 0.25) is 0 Å². The predicted molar refractivity (Wildman–Crippen MR) is 241 cm³/mol. The molecule has 0 saturated carbocycles. The Morgan fingerprint density at radius 1 is 0.414 bits per heavy atom. The van der Waals surface area contributed by atoms with E-state index in [9.17, 15) is 0 Å². The molecule has 4 heterocycles. The van der Waals surface area contributed by atoms with Crippen molar-refractivity contribution in [2.45, 2.75) is 12.5 Å². The van der Waals surface area contributed by atoms with Gasteiger partial charge in [-0.1, -0.05) is 115 Å². The molecule has 4 nitrogen and oxygen atoms in total. The van der Waals surface area contributed by atoms with Crippen LogP contribution in [0.1, 0.15) is 18.0 Å². The monoisotopic (exact) mass is 742 g/mol. The van der Waals surface area contributed by atoms with E-state index in [4.69, 9.17) is 8.83 Å². The molecule has 272 valence electrons. The average Bonchev–Trinajstić information content (AvgIpc) is 4.04. The molecular weight excluding hydrogens is 709 g/mol. The van der Waals surface area contributed by atoms with Gasteiger partial charge in [-0.25, -0.2) is 0 Å². The van der Waals surface area contributed by atoms with Crippen LogP contribution in [-0.4, -0.2) is 9.13 Å².